The van der Waals surface area contributed by atoms with Crippen LogP contribution in [0.2, 0.25) is 10.0 Å². The van der Waals surface area contributed by atoms with Crippen LogP contribution in [-0.2, 0) is 26.2 Å². The monoisotopic (exact) mass is 605 g/mol. The van der Waals surface area contributed by atoms with Gasteiger partial charge in [-0.25, -0.2) is 8.42 Å². The quantitative estimate of drug-likeness (QED) is 0.296. The Morgan fingerprint density at radius 2 is 1.73 bits per heavy atom. The first kappa shape index (κ1) is 31.3. The molecule has 0 fully saturated rings. The summed E-state index contributed by atoms with van der Waals surface area (Å²) in [5, 5.41) is 3.55. The molecule has 0 heterocycles. The minimum Gasteiger partial charge on any atom is -0.495 e. The maximum atomic E-state index is 14.0. The van der Waals surface area contributed by atoms with Crippen LogP contribution < -0.4 is 14.4 Å². The molecule has 2 amide bonds. The van der Waals surface area contributed by atoms with Crippen LogP contribution >= 0.6 is 23.2 Å². The summed E-state index contributed by atoms with van der Waals surface area (Å²) in [5.74, 6) is -0.696. The van der Waals surface area contributed by atoms with E-state index in [4.69, 9.17) is 27.9 Å². The van der Waals surface area contributed by atoms with Crippen LogP contribution in [0.15, 0.2) is 71.6 Å². The fraction of sp³-hybridized carbons (Fsp3) is 0.310. The van der Waals surface area contributed by atoms with E-state index >= 15 is 0 Å². The Balaban J connectivity index is 2.10. The number of ether oxygens (including phenoxy) is 1. The molecule has 40 heavy (non-hydrogen) atoms. The molecule has 3 aromatic rings. The lowest BCUT2D eigenvalue weighted by Crippen LogP contribution is -2.51. The molecule has 0 saturated carbocycles. The summed E-state index contributed by atoms with van der Waals surface area (Å²) in [6.45, 7) is 5.13. The van der Waals surface area contributed by atoms with Gasteiger partial charge in [0.25, 0.3) is 10.0 Å². The molecule has 0 aliphatic heterocycles. The summed E-state index contributed by atoms with van der Waals surface area (Å²) in [4.78, 5) is 28.3. The van der Waals surface area contributed by atoms with Gasteiger partial charge in [0.05, 0.1) is 17.7 Å². The zero-order valence-corrected chi connectivity index (χ0v) is 25.2. The normalized spacial score (nSPS) is 11.9. The van der Waals surface area contributed by atoms with Crippen LogP contribution in [0.1, 0.15) is 31.4 Å². The molecule has 1 atom stereocenters. The van der Waals surface area contributed by atoms with E-state index in [0.717, 1.165) is 9.87 Å². The fourth-order valence-electron chi connectivity index (χ4n) is 4.04. The van der Waals surface area contributed by atoms with Gasteiger partial charge < -0.3 is 15.0 Å². The summed E-state index contributed by atoms with van der Waals surface area (Å²) in [6.07, 6.45) is 0.714. The number of aryl methyl sites for hydroxylation is 1. The van der Waals surface area contributed by atoms with Crippen LogP contribution in [0.4, 0.5) is 5.69 Å². The Morgan fingerprint density at radius 3 is 2.35 bits per heavy atom. The first-order chi connectivity index (χ1) is 19.0. The van der Waals surface area contributed by atoms with Crippen molar-refractivity contribution in [2.75, 3.05) is 24.5 Å². The molecular formula is C29H33Cl2N3O5S. The number of amides is 2. The molecule has 8 nitrogen and oxygen atoms in total. The number of halogens is 2. The minimum absolute atomic E-state index is 0.00684. The van der Waals surface area contributed by atoms with Crippen molar-refractivity contribution in [3.8, 4) is 5.75 Å². The number of anilines is 1. The molecule has 0 bridgehead atoms. The number of rotatable bonds is 12. The molecule has 3 aromatic carbocycles. The summed E-state index contributed by atoms with van der Waals surface area (Å²) < 4.78 is 34.4. The number of sulfonamides is 1. The summed E-state index contributed by atoms with van der Waals surface area (Å²) in [7, 11) is -2.79. The van der Waals surface area contributed by atoms with Gasteiger partial charge in [0.1, 0.15) is 18.3 Å². The molecule has 11 heteroatoms. The van der Waals surface area contributed by atoms with Gasteiger partial charge in [-0.05, 0) is 67.8 Å². The predicted octanol–water partition coefficient (Wildman–Crippen LogP) is 5.45. The van der Waals surface area contributed by atoms with E-state index < -0.39 is 28.5 Å². The lowest BCUT2D eigenvalue weighted by atomic mass is 10.1. The Morgan fingerprint density at radius 1 is 1.02 bits per heavy atom. The molecule has 214 valence electrons. The highest BCUT2D eigenvalue weighted by Gasteiger charge is 2.34. The van der Waals surface area contributed by atoms with Gasteiger partial charge in [-0.15, -0.1) is 0 Å². The van der Waals surface area contributed by atoms with Crippen molar-refractivity contribution < 1.29 is 22.7 Å². The first-order valence-electron chi connectivity index (χ1n) is 12.7. The third-order valence-electron chi connectivity index (χ3n) is 6.29. The molecule has 3 rings (SSSR count). The van der Waals surface area contributed by atoms with Crippen molar-refractivity contribution in [3.63, 3.8) is 0 Å². The van der Waals surface area contributed by atoms with Crippen molar-refractivity contribution in [2.45, 2.75) is 44.7 Å². The Bertz CT molecular complexity index is 1450. The molecule has 0 saturated heterocycles. The second-order valence-corrected chi connectivity index (χ2v) is 11.9. The van der Waals surface area contributed by atoms with E-state index in [2.05, 4.69) is 5.32 Å². The van der Waals surface area contributed by atoms with Gasteiger partial charge in [0.15, 0.2) is 0 Å². The van der Waals surface area contributed by atoms with Gasteiger partial charge >= 0.3 is 0 Å². The maximum absolute atomic E-state index is 14.0. The number of nitrogens with zero attached hydrogens (tertiary/aromatic N) is 2. The summed E-state index contributed by atoms with van der Waals surface area (Å²) >= 11 is 12.5. The number of hydrogen-bond donors (Lipinski definition) is 1. The van der Waals surface area contributed by atoms with Crippen molar-refractivity contribution in [2.24, 2.45) is 0 Å². The minimum atomic E-state index is -4.22. The third kappa shape index (κ3) is 7.47. The van der Waals surface area contributed by atoms with Crippen LogP contribution in [0.5, 0.6) is 5.75 Å². The van der Waals surface area contributed by atoms with Crippen molar-refractivity contribution in [3.05, 3.63) is 87.9 Å². The highest BCUT2D eigenvalue weighted by Crippen LogP contribution is 2.34. The summed E-state index contributed by atoms with van der Waals surface area (Å²) in [5.41, 5.74) is 1.53. The van der Waals surface area contributed by atoms with Crippen LogP contribution in [-0.4, -0.2) is 51.4 Å². The largest absolute Gasteiger partial charge is 0.495 e. The zero-order chi connectivity index (χ0) is 29.4. The van der Waals surface area contributed by atoms with Gasteiger partial charge in [-0.3, -0.25) is 13.9 Å². The van der Waals surface area contributed by atoms with Gasteiger partial charge in [0.2, 0.25) is 11.8 Å². The van der Waals surface area contributed by atoms with E-state index in [-0.39, 0.29) is 28.8 Å². The fourth-order valence-corrected chi connectivity index (χ4v) is 5.95. The number of carbonyl (C=O) groups is 2. The predicted molar refractivity (Wildman–Crippen MR) is 158 cm³/mol. The van der Waals surface area contributed by atoms with Gasteiger partial charge in [-0.2, -0.15) is 0 Å². The number of methoxy groups -OCH3 is 1. The lowest BCUT2D eigenvalue weighted by Gasteiger charge is -2.32. The lowest BCUT2D eigenvalue weighted by molar-refractivity contribution is -0.139. The first-order valence-corrected chi connectivity index (χ1v) is 14.9. The molecule has 0 unspecified atom stereocenters. The van der Waals surface area contributed by atoms with E-state index in [1.165, 1.54) is 24.1 Å². The number of nitrogens with one attached hydrogen (secondary N) is 1. The molecule has 0 spiro atoms. The average molecular weight is 607 g/mol. The Labute approximate surface area is 245 Å². The Hall–Kier alpha value is -3.27. The molecule has 0 aromatic heterocycles. The van der Waals surface area contributed by atoms with Crippen molar-refractivity contribution in [1.29, 1.82) is 0 Å². The SMILES string of the molecule is CCCNC(=O)[C@@H](C)N(Cc1ccc(Cl)cc1Cl)C(=O)CN(c1cc(C)ccc1OC)S(=O)(=O)c1ccccc1. The highest BCUT2D eigenvalue weighted by molar-refractivity contribution is 7.92. The third-order valence-corrected chi connectivity index (χ3v) is 8.65. The highest BCUT2D eigenvalue weighted by atomic mass is 35.5. The molecule has 0 aliphatic rings. The number of hydrogen-bond acceptors (Lipinski definition) is 5. The molecule has 0 radical (unpaired) electrons. The number of benzene rings is 3. The summed E-state index contributed by atoms with van der Waals surface area (Å²) in [6, 6.07) is 16.8. The van der Waals surface area contributed by atoms with E-state index in [1.807, 2.05) is 13.8 Å². The van der Waals surface area contributed by atoms with Crippen LogP contribution in [0, 0.1) is 6.92 Å². The topological polar surface area (TPSA) is 96.0 Å². The number of carbonyl (C=O) groups excluding carboxylic acids is 2. The van der Waals surface area contributed by atoms with E-state index in [0.29, 0.717) is 28.6 Å². The zero-order valence-electron chi connectivity index (χ0n) is 22.9. The van der Waals surface area contributed by atoms with Crippen molar-refractivity contribution >= 4 is 50.7 Å². The molecule has 0 aliphatic carbocycles. The maximum Gasteiger partial charge on any atom is 0.264 e. The molecule has 1 N–H and O–H groups in total. The average Bonchev–Trinajstić information content (AvgIpc) is 2.94. The van der Waals surface area contributed by atoms with E-state index in [1.54, 1.807) is 61.5 Å². The van der Waals surface area contributed by atoms with Crippen molar-refractivity contribution in [1.82, 2.24) is 10.2 Å². The standard InChI is InChI=1S/C29H33Cl2N3O5S/c1-5-15-32-29(36)21(3)33(18-22-12-13-23(30)17-25(22)31)28(35)19-34(26-16-20(2)11-14-27(26)39-4)40(37,38)24-9-7-6-8-10-24/h6-14,16-17,21H,5,15,18-19H2,1-4H3,(H,32,36)/t21-/m1/s1. The van der Waals surface area contributed by atoms with Gasteiger partial charge in [0, 0.05) is 23.1 Å². The second kappa shape index (κ2) is 13.9. The molecular weight excluding hydrogens is 573 g/mol. The van der Waals surface area contributed by atoms with Gasteiger partial charge in [-0.1, -0.05) is 60.5 Å². The van der Waals surface area contributed by atoms with Crippen LogP contribution in [0.3, 0.4) is 0 Å². The smallest absolute Gasteiger partial charge is 0.264 e. The van der Waals surface area contributed by atoms with Crippen LogP contribution in [0.25, 0.3) is 0 Å². The second-order valence-electron chi connectivity index (χ2n) is 9.22. The van der Waals surface area contributed by atoms with E-state index in [9.17, 15) is 18.0 Å². The Kier molecular flexibility index (Phi) is 10.8.